The Balaban J connectivity index is 2.14. The molecular weight excluding hydrogens is 329 g/mol. The number of pyridine rings is 1. The lowest BCUT2D eigenvalue weighted by Gasteiger charge is -2.22. The third-order valence-corrected chi connectivity index (χ3v) is 5.10. The molecule has 5 nitrogen and oxygen atoms in total. The Morgan fingerprint density at radius 2 is 2.00 bits per heavy atom. The van der Waals surface area contributed by atoms with Crippen LogP contribution in [0.3, 0.4) is 0 Å². The minimum absolute atomic E-state index is 0.189. The van der Waals surface area contributed by atoms with Gasteiger partial charge in [-0.25, -0.2) is 9.11 Å². The molecule has 130 valence electrons. The first-order chi connectivity index (χ1) is 11.5. The Bertz CT molecular complexity index is 739. The van der Waals surface area contributed by atoms with Crippen LogP contribution in [0.4, 0.5) is 4.39 Å². The predicted molar refractivity (Wildman–Crippen MR) is 92.0 cm³/mol. The van der Waals surface area contributed by atoms with Crippen molar-refractivity contribution >= 4 is 10.2 Å². The van der Waals surface area contributed by atoms with Gasteiger partial charge in [0.15, 0.2) is 0 Å². The number of halogens is 1. The smallest absolute Gasteiger partial charge is 0.264 e. The summed E-state index contributed by atoms with van der Waals surface area (Å²) < 4.78 is 42.7. The number of nitrogens with one attached hydrogen (secondary N) is 1. The molecule has 0 aliphatic heterocycles. The summed E-state index contributed by atoms with van der Waals surface area (Å²) in [7, 11) is -3.63. The Kier molecular flexibility index (Phi) is 6.84. The first kappa shape index (κ1) is 18.5. The molecule has 0 fully saturated rings. The molecule has 0 amide bonds. The molecule has 0 aliphatic carbocycles. The predicted octanol–water partition coefficient (Wildman–Crippen LogP) is 2.51. The molecular formula is C17H22FN3O2S. The van der Waals surface area contributed by atoms with Crippen molar-refractivity contribution in [1.29, 1.82) is 0 Å². The molecule has 0 spiro atoms. The minimum Gasteiger partial charge on any atom is -0.264 e. The molecule has 1 aromatic carbocycles. The fourth-order valence-electron chi connectivity index (χ4n) is 2.25. The highest BCUT2D eigenvalue weighted by Crippen LogP contribution is 2.12. The summed E-state index contributed by atoms with van der Waals surface area (Å²) in [6.07, 6.45) is 4.27. The van der Waals surface area contributed by atoms with Crippen molar-refractivity contribution in [1.82, 2.24) is 14.0 Å². The Hall–Kier alpha value is -1.83. The van der Waals surface area contributed by atoms with Crippen LogP contribution in [0.2, 0.25) is 0 Å². The van der Waals surface area contributed by atoms with Crippen molar-refractivity contribution in [2.75, 3.05) is 13.1 Å². The molecule has 0 unspecified atom stereocenters. The van der Waals surface area contributed by atoms with Crippen LogP contribution in [-0.4, -0.2) is 30.8 Å². The van der Waals surface area contributed by atoms with E-state index in [9.17, 15) is 12.8 Å². The van der Waals surface area contributed by atoms with Crippen LogP contribution < -0.4 is 4.72 Å². The van der Waals surface area contributed by atoms with Crippen molar-refractivity contribution in [3.05, 3.63) is 65.7 Å². The van der Waals surface area contributed by atoms with Crippen molar-refractivity contribution in [3.63, 3.8) is 0 Å². The molecule has 0 atom stereocenters. The zero-order chi connectivity index (χ0) is 17.4. The highest BCUT2D eigenvalue weighted by atomic mass is 32.2. The standard InChI is InChI=1S/C17H22FN3O2S/c1-2-10-20-24(22,23)21(14-15-6-5-11-19-13-15)12-9-16-7-3-4-8-17(16)18/h3-8,11,13,20H,2,9-10,12,14H2,1H3. The maximum atomic E-state index is 13.8. The second kappa shape index (κ2) is 8.86. The molecule has 24 heavy (non-hydrogen) atoms. The van der Waals surface area contributed by atoms with Gasteiger partial charge in [-0.1, -0.05) is 31.2 Å². The van der Waals surface area contributed by atoms with E-state index in [-0.39, 0.29) is 18.9 Å². The minimum atomic E-state index is -3.63. The Labute approximate surface area is 142 Å². The molecule has 0 saturated heterocycles. The van der Waals surface area contributed by atoms with Crippen LogP contribution in [0.15, 0.2) is 48.8 Å². The molecule has 2 rings (SSSR count). The van der Waals surface area contributed by atoms with E-state index in [4.69, 9.17) is 0 Å². The number of hydrogen-bond acceptors (Lipinski definition) is 3. The molecule has 0 saturated carbocycles. The van der Waals surface area contributed by atoms with Crippen molar-refractivity contribution < 1.29 is 12.8 Å². The Morgan fingerprint density at radius 1 is 1.21 bits per heavy atom. The summed E-state index contributed by atoms with van der Waals surface area (Å²) in [5.41, 5.74) is 1.28. The maximum Gasteiger partial charge on any atom is 0.279 e. The van der Waals surface area contributed by atoms with E-state index in [0.717, 1.165) is 5.56 Å². The summed E-state index contributed by atoms with van der Waals surface area (Å²) in [5, 5.41) is 0. The lowest BCUT2D eigenvalue weighted by atomic mass is 10.1. The van der Waals surface area contributed by atoms with E-state index in [1.54, 1.807) is 36.7 Å². The van der Waals surface area contributed by atoms with Crippen LogP contribution in [0.25, 0.3) is 0 Å². The summed E-state index contributed by atoms with van der Waals surface area (Å²) >= 11 is 0. The fraction of sp³-hybridized carbons (Fsp3) is 0.353. The van der Waals surface area contributed by atoms with Gasteiger partial charge in [-0.15, -0.1) is 0 Å². The molecule has 0 aliphatic rings. The van der Waals surface area contributed by atoms with E-state index in [1.807, 2.05) is 13.0 Å². The molecule has 1 heterocycles. The van der Waals surface area contributed by atoms with Crippen molar-refractivity contribution in [2.45, 2.75) is 26.3 Å². The second-order valence-electron chi connectivity index (χ2n) is 5.44. The largest absolute Gasteiger partial charge is 0.279 e. The maximum absolute atomic E-state index is 13.8. The van der Waals surface area contributed by atoms with Crippen LogP contribution in [-0.2, 0) is 23.2 Å². The molecule has 7 heteroatoms. The first-order valence-electron chi connectivity index (χ1n) is 7.90. The van der Waals surface area contributed by atoms with Crippen LogP contribution in [0.1, 0.15) is 24.5 Å². The zero-order valence-corrected chi connectivity index (χ0v) is 14.5. The SMILES string of the molecule is CCCNS(=O)(=O)N(CCc1ccccc1F)Cc1cccnc1. The normalized spacial score (nSPS) is 11.8. The second-order valence-corrected chi connectivity index (χ2v) is 7.19. The van der Waals surface area contributed by atoms with Crippen LogP contribution in [0, 0.1) is 5.82 Å². The van der Waals surface area contributed by atoms with E-state index in [0.29, 0.717) is 24.9 Å². The van der Waals surface area contributed by atoms with Gasteiger partial charge in [0.05, 0.1) is 0 Å². The first-order valence-corrected chi connectivity index (χ1v) is 9.34. The molecule has 0 bridgehead atoms. The number of benzene rings is 1. The Morgan fingerprint density at radius 3 is 2.67 bits per heavy atom. The zero-order valence-electron chi connectivity index (χ0n) is 13.7. The van der Waals surface area contributed by atoms with E-state index in [1.165, 1.54) is 10.4 Å². The van der Waals surface area contributed by atoms with Gasteiger partial charge in [-0.05, 0) is 36.1 Å². The van der Waals surface area contributed by atoms with E-state index in [2.05, 4.69) is 9.71 Å². The number of aromatic nitrogens is 1. The number of hydrogen-bond donors (Lipinski definition) is 1. The molecule has 0 radical (unpaired) electrons. The monoisotopic (exact) mass is 351 g/mol. The lowest BCUT2D eigenvalue weighted by Crippen LogP contribution is -2.41. The van der Waals surface area contributed by atoms with Crippen LogP contribution >= 0.6 is 0 Å². The third-order valence-electron chi connectivity index (χ3n) is 3.54. The average Bonchev–Trinajstić information content (AvgIpc) is 2.59. The van der Waals surface area contributed by atoms with Gasteiger partial charge in [0, 0.05) is 32.0 Å². The van der Waals surface area contributed by atoms with Gasteiger partial charge < -0.3 is 0 Å². The van der Waals surface area contributed by atoms with Gasteiger partial charge >= 0.3 is 0 Å². The number of rotatable bonds is 9. The molecule has 1 N–H and O–H groups in total. The highest BCUT2D eigenvalue weighted by Gasteiger charge is 2.21. The fourth-order valence-corrected chi connectivity index (χ4v) is 3.54. The van der Waals surface area contributed by atoms with Gasteiger partial charge in [-0.2, -0.15) is 12.7 Å². The van der Waals surface area contributed by atoms with Crippen molar-refractivity contribution in [2.24, 2.45) is 0 Å². The van der Waals surface area contributed by atoms with Gasteiger partial charge in [0.2, 0.25) is 0 Å². The van der Waals surface area contributed by atoms with Gasteiger partial charge in [0.1, 0.15) is 5.82 Å². The van der Waals surface area contributed by atoms with E-state index < -0.39 is 10.2 Å². The molecule has 1 aromatic heterocycles. The topological polar surface area (TPSA) is 62.3 Å². The lowest BCUT2D eigenvalue weighted by molar-refractivity contribution is 0.398. The third kappa shape index (κ3) is 5.36. The summed E-state index contributed by atoms with van der Waals surface area (Å²) in [5.74, 6) is -0.322. The molecule has 2 aromatic rings. The highest BCUT2D eigenvalue weighted by molar-refractivity contribution is 7.87. The van der Waals surface area contributed by atoms with Crippen molar-refractivity contribution in [3.8, 4) is 0 Å². The summed E-state index contributed by atoms with van der Waals surface area (Å²) in [6.45, 7) is 2.65. The quantitative estimate of drug-likeness (QED) is 0.755. The van der Waals surface area contributed by atoms with E-state index >= 15 is 0 Å². The van der Waals surface area contributed by atoms with Gasteiger partial charge in [0.25, 0.3) is 10.2 Å². The number of nitrogens with zero attached hydrogens (tertiary/aromatic N) is 2. The summed E-state index contributed by atoms with van der Waals surface area (Å²) in [4.78, 5) is 4.01. The van der Waals surface area contributed by atoms with Gasteiger partial charge in [-0.3, -0.25) is 4.98 Å². The van der Waals surface area contributed by atoms with Crippen LogP contribution in [0.5, 0.6) is 0 Å². The average molecular weight is 351 g/mol. The summed E-state index contributed by atoms with van der Waals surface area (Å²) in [6, 6.07) is 9.99.